The van der Waals surface area contributed by atoms with Crippen molar-refractivity contribution >= 4 is 18.5 Å². The number of hydrogen-bond acceptors (Lipinski definition) is 3. The highest BCUT2D eigenvalue weighted by Crippen LogP contribution is 2.27. The molecule has 1 aromatic rings. The lowest BCUT2D eigenvalue weighted by Crippen LogP contribution is -2.18. The van der Waals surface area contributed by atoms with Crippen molar-refractivity contribution in [2.75, 3.05) is 13.6 Å². The third-order valence-corrected chi connectivity index (χ3v) is 3.31. The van der Waals surface area contributed by atoms with Gasteiger partial charge in [0.05, 0.1) is 5.69 Å². The van der Waals surface area contributed by atoms with Crippen LogP contribution in [0.2, 0.25) is 0 Å². The molecule has 1 fully saturated rings. The van der Waals surface area contributed by atoms with E-state index in [4.69, 9.17) is 0 Å². The SMILES string of the molecule is CC(S)c1ccc(C2CC(=O)N(C)C2)cn1. The van der Waals surface area contributed by atoms with E-state index in [0.717, 1.165) is 17.8 Å². The second kappa shape index (κ2) is 4.45. The standard InChI is InChI=1S/C12H16N2OS/c1-8(16)11-4-3-9(6-13-11)10-5-12(15)14(2)7-10/h3-4,6,8,10,16H,5,7H2,1-2H3. The number of likely N-dealkylation sites (tertiary alicyclic amines) is 1. The van der Waals surface area contributed by atoms with Gasteiger partial charge in [-0.2, -0.15) is 12.6 Å². The van der Waals surface area contributed by atoms with Gasteiger partial charge in [-0.05, 0) is 18.6 Å². The molecule has 0 aromatic carbocycles. The van der Waals surface area contributed by atoms with E-state index >= 15 is 0 Å². The number of carbonyl (C=O) groups excluding carboxylic acids is 1. The van der Waals surface area contributed by atoms with Crippen molar-refractivity contribution < 1.29 is 4.79 Å². The van der Waals surface area contributed by atoms with Crippen molar-refractivity contribution in [1.82, 2.24) is 9.88 Å². The van der Waals surface area contributed by atoms with Crippen LogP contribution >= 0.6 is 12.6 Å². The average molecular weight is 236 g/mol. The molecule has 1 aliphatic heterocycles. The number of likely N-dealkylation sites (N-methyl/N-ethyl adjacent to an activating group) is 1. The topological polar surface area (TPSA) is 33.2 Å². The number of pyridine rings is 1. The van der Waals surface area contributed by atoms with Crippen LogP contribution in [-0.2, 0) is 4.79 Å². The highest BCUT2D eigenvalue weighted by molar-refractivity contribution is 7.80. The van der Waals surface area contributed by atoms with Gasteiger partial charge in [0.25, 0.3) is 0 Å². The Kier molecular flexibility index (Phi) is 3.19. The lowest BCUT2D eigenvalue weighted by Gasteiger charge is -2.11. The third-order valence-electron chi connectivity index (χ3n) is 3.05. The van der Waals surface area contributed by atoms with E-state index in [1.54, 1.807) is 4.90 Å². The maximum Gasteiger partial charge on any atom is 0.223 e. The number of amides is 1. The summed E-state index contributed by atoms with van der Waals surface area (Å²) in [5.74, 6) is 0.519. The molecule has 1 saturated heterocycles. The number of nitrogens with zero attached hydrogens (tertiary/aromatic N) is 2. The highest BCUT2D eigenvalue weighted by Gasteiger charge is 2.27. The third kappa shape index (κ3) is 2.21. The van der Waals surface area contributed by atoms with Crippen LogP contribution in [0.15, 0.2) is 18.3 Å². The minimum atomic E-state index is 0.155. The normalized spacial score (nSPS) is 22.6. The van der Waals surface area contributed by atoms with Gasteiger partial charge in [0, 0.05) is 37.4 Å². The van der Waals surface area contributed by atoms with E-state index in [-0.39, 0.29) is 11.2 Å². The monoisotopic (exact) mass is 236 g/mol. The fraction of sp³-hybridized carbons (Fsp3) is 0.500. The Labute approximate surface area is 101 Å². The quantitative estimate of drug-likeness (QED) is 0.797. The smallest absolute Gasteiger partial charge is 0.223 e. The van der Waals surface area contributed by atoms with Crippen molar-refractivity contribution in [3.05, 3.63) is 29.6 Å². The van der Waals surface area contributed by atoms with Gasteiger partial charge in [0.1, 0.15) is 0 Å². The summed E-state index contributed by atoms with van der Waals surface area (Å²) in [5, 5.41) is 0.155. The van der Waals surface area contributed by atoms with Crippen LogP contribution in [-0.4, -0.2) is 29.4 Å². The molecule has 2 atom stereocenters. The molecule has 3 nitrogen and oxygen atoms in total. The molecule has 1 amide bonds. The lowest BCUT2D eigenvalue weighted by atomic mass is 10.00. The summed E-state index contributed by atoms with van der Waals surface area (Å²) >= 11 is 4.34. The van der Waals surface area contributed by atoms with Crippen LogP contribution < -0.4 is 0 Å². The minimum absolute atomic E-state index is 0.155. The first kappa shape index (κ1) is 11.5. The van der Waals surface area contributed by atoms with Gasteiger partial charge in [-0.1, -0.05) is 6.07 Å². The molecule has 0 aliphatic carbocycles. The fourth-order valence-corrected chi connectivity index (χ4v) is 2.14. The highest BCUT2D eigenvalue weighted by atomic mass is 32.1. The van der Waals surface area contributed by atoms with Crippen LogP contribution in [0.4, 0.5) is 0 Å². The predicted octanol–water partition coefficient (Wildman–Crippen LogP) is 2.02. The van der Waals surface area contributed by atoms with Gasteiger partial charge in [0.15, 0.2) is 0 Å². The Morgan fingerprint density at radius 1 is 1.56 bits per heavy atom. The van der Waals surface area contributed by atoms with E-state index in [9.17, 15) is 4.79 Å². The first-order valence-electron chi connectivity index (χ1n) is 5.46. The van der Waals surface area contributed by atoms with Crippen molar-refractivity contribution in [2.45, 2.75) is 24.5 Å². The molecule has 0 N–H and O–H groups in total. The largest absolute Gasteiger partial charge is 0.345 e. The maximum atomic E-state index is 11.4. The van der Waals surface area contributed by atoms with Gasteiger partial charge in [-0.15, -0.1) is 0 Å². The van der Waals surface area contributed by atoms with Crippen molar-refractivity contribution in [3.63, 3.8) is 0 Å². The van der Waals surface area contributed by atoms with E-state index in [1.165, 1.54) is 0 Å². The number of hydrogen-bond donors (Lipinski definition) is 1. The summed E-state index contributed by atoms with van der Waals surface area (Å²) < 4.78 is 0. The fourth-order valence-electron chi connectivity index (χ4n) is 1.99. The van der Waals surface area contributed by atoms with Crippen LogP contribution in [0.1, 0.15) is 35.8 Å². The van der Waals surface area contributed by atoms with Gasteiger partial charge in [-0.3, -0.25) is 9.78 Å². The molecule has 2 unspecified atom stereocenters. The van der Waals surface area contributed by atoms with Crippen LogP contribution in [0.25, 0.3) is 0 Å². The van der Waals surface area contributed by atoms with E-state index in [2.05, 4.69) is 23.7 Å². The van der Waals surface area contributed by atoms with Gasteiger partial charge >= 0.3 is 0 Å². The number of rotatable bonds is 2. The van der Waals surface area contributed by atoms with Crippen molar-refractivity contribution in [2.24, 2.45) is 0 Å². The van der Waals surface area contributed by atoms with Crippen LogP contribution in [0.3, 0.4) is 0 Å². The molecule has 4 heteroatoms. The summed E-state index contributed by atoms with van der Waals surface area (Å²) in [6.45, 7) is 2.80. The molecule has 1 aliphatic rings. The molecule has 0 radical (unpaired) electrons. The summed E-state index contributed by atoms with van der Waals surface area (Å²) in [6, 6.07) is 4.06. The molecule has 1 aromatic heterocycles. The number of aromatic nitrogens is 1. The van der Waals surface area contributed by atoms with Gasteiger partial charge < -0.3 is 4.90 Å². The Hall–Kier alpha value is -1.03. The first-order valence-corrected chi connectivity index (χ1v) is 5.97. The zero-order valence-electron chi connectivity index (χ0n) is 9.55. The predicted molar refractivity (Wildman–Crippen MR) is 66.6 cm³/mol. The summed E-state index contributed by atoms with van der Waals surface area (Å²) in [5.41, 5.74) is 2.13. The van der Waals surface area contributed by atoms with Crippen molar-refractivity contribution in [1.29, 1.82) is 0 Å². The summed E-state index contributed by atoms with van der Waals surface area (Å²) in [6.07, 6.45) is 2.48. The van der Waals surface area contributed by atoms with E-state index in [0.29, 0.717) is 12.3 Å². The van der Waals surface area contributed by atoms with Gasteiger partial charge in [0.2, 0.25) is 5.91 Å². The Balaban J connectivity index is 2.14. The molecule has 2 heterocycles. The molecule has 0 spiro atoms. The Bertz CT molecular complexity index is 389. The zero-order chi connectivity index (χ0) is 11.7. The average Bonchev–Trinajstić information content (AvgIpc) is 2.59. The second-order valence-electron chi connectivity index (χ2n) is 4.37. The molecule has 86 valence electrons. The summed E-state index contributed by atoms with van der Waals surface area (Å²) in [7, 11) is 1.85. The molecule has 0 saturated carbocycles. The number of thiol groups is 1. The summed E-state index contributed by atoms with van der Waals surface area (Å²) in [4.78, 5) is 17.6. The molecular weight excluding hydrogens is 220 g/mol. The van der Waals surface area contributed by atoms with Gasteiger partial charge in [-0.25, -0.2) is 0 Å². The first-order chi connectivity index (χ1) is 7.58. The molecule has 0 bridgehead atoms. The maximum absolute atomic E-state index is 11.4. The van der Waals surface area contributed by atoms with Crippen molar-refractivity contribution in [3.8, 4) is 0 Å². The minimum Gasteiger partial charge on any atom is -0.345 e. The Morgan fingerprint density at radius 2 is 2.31 bits per heavy atom. The van der Waals surface area contributed by atoms with E-state index < -0.39 is 0 Å². The molecule has 16 heavy (non-hydrogen) atoms. The lowest BCUT2D eigenvalue weighted by molar-refractivity contribution is -0.126. The van der Waals surface area contributed by atoms with Crippen LogP contribution in [0.5, 0.6) is 0 Å². The van der Waals surface area contributed by atoms with E-state index in [1.807, 2.05) is 26.2 Å². The second-order valence-corrected chi connectivity index (χ2v) is 5.14. The number of carbonyl (C=O) groups is 1. The Morgan fingerprint density at radius 3 is 2.75 bits per heavy atom. The molecule has 2 rings (SSSR count). The van der Waals surface area contributed by atoms with Crippen LogP contribution in [0, 0.1) is 0 Å². The zero-order valence-corrected chi connectivity index (χ0v) is 10.4. The molecular formula is C12H16N2OS.